The van der Waals surface area contributed by atoms with Crippen molar-refractivity contribution >= 4 is 5.91 Å². The van der Waals surface area contributed by atoms with Gasteiger partial charge in [0, 0.05) is 19.4 Å². The second-order valence-electron chi connectivity index (χ2n) is 3.11. The Hall–Kier alpha value is -1.49. The van der Waals surface area contributed by atoms with E-state index in [1.165, 1.54) is 7.11 Å². The average molecular weight is 209 g/mol. The van der Waals surface area contributed by atoms with Gasteiger partial charge in [-0.15, -0.1) is 0 Å². The number of amides is 1. The Labute approximate surface area is 89.0 Å². The molecule has 0 fully saturated rings. The van der Waals surface area contributed by atoms with Gasteiger partial charge in [0.2, 0.25) is 0 Å². The van der Waals surface area contributed by atoms with E-state index in [2.05, 4.69) is 9.97 Å². The maximum Gasteiger partial charge on any atom is 0.253 e. The molecule has 0 aliphatic heterocycles. The molecule has 0 aromatic carbocycles. The maximum atomic E-state index is 11.4. The number of hydrogen-bond donors (Lipinski definition) is 0. The van der Waals surface area contributed by atoms with E-state index in [1.54, 1.807) is 19.4 Å². The molecule has 1 amide bonds. The van der Waals surface area contributed by atoms with Crippen molar-refractivity contribution in [2.75, 3.05) is 14.2 Å². The lowest BCUT2D eigenvalue weighted by molar-refractivity contribution is -0.167. The first kappa shape index (κ1) is 11.6. The Morgan fingerprint density at radius 3 is 2.53 bits per heavy atom. The summed E-state index contributed by atoms with van der Waals surface area (Å²) in [5, 5.41) is 1.16. The Balaban J connectivity index is 2.61. The fourth-order valence-corrected chi connectivity index (χ4v) is 1.00. The number of carbonyl (C=O) groups excluding carboxylic acids is 1. The summed E-state index contributed by atoms with van der Waals surface area (Å²) in [4.78, 5) is 24.4. The topological polar surface area (TPSA) is 55.3 Å². The molecule has 5 heteroatoms. The standard InChI is InChI=1S/C10H15N3O2/c1-4-8-6-11-9(12-7-8)5-10(14)13(2)15-3/h6-7H,4-5H2,1-3H3. The SMILES string of the molecule is CCc1cnc(CC(=O)N(C)OC)nc1. The van der Waals surface area contributed by atoms with Gasteiger partial charge in [0.05, 0.1) is 13.5 Å². The van der Waals surface area contributed by atoms with Crippen molar-refractivity contribution in [3.63, 3.8) is 0 Å². The van der Waals surface area contributed by atoms with Crippen LogP contribution in [0.25, 0.3) is 0 Å². The number of aryl methyl sites for hydroxylation is 1. The van der Waals surface area contributed by atoms with Crippen LogP contribution in [0, 0.1) is 0 Å². The largest absolute Gasteiger partial charge is 0.275 e. The molecule has 15 heavy (non-hydrogen) atoms. The van der Waals surface area contributed by atoms with E-state index < -0.39 is 0 Å². The number of nitrogens with zero attached hydrogens (tertiary/aromatic N) is 3. The van der Waals surface area contributed by atoms with E-state index in [0.29, 0.717) is 5.82 Å². The summed E-state index contributed by atoms with van der Waals surface area (Å²) in [6, 6.07) is 0. The highest BCUT2D eigenvalue weighted by Gasteiger charge is 2.10. The molecule has 0 bridgehead atoms. The van der Waals surface area contributed by atoms with Gasteiger partial charge in [-0.1, -0.05) is 6.92 Å². The quantitative estimate of drug-likeness (QED) is 0.681. The normalized spacial score (nSPS) is 10.1. The van der Waals surface area contributed by atoms with Crippen LogP contribution in [-0.4, -0.2) is 35.1 Å². The van der Waals surface area contributed by atoms with Crippen LogP contribution in [0.2, 0.25) is 0 Å². The number of aromatic nitrogens is 2. The summed E-state index contributed by atoms with van der Waals surface area (Å²) in [6.45, 7) is 2.03. The van der Waals surface area contributed by atoms with Crippen molar-refractivity contribution in [2.45, 2.75) is 19.8 Å². The second kappa shape index (κ2) is 5.41. The molecular weight excluding hydrogens is 194 g/mol. The number of hydroxylamine groups is 2. The van der Waals surface area contributed by atoms with Gasteiger partial charge in [-0.25, -0.2) is 15.0 Å². The molecule has 0 aliphatic carbocycles. The maximum absolute atomic E-state index is 11.4. The van der Waals surface area contributed by atoms with Crippen LogP contribution in [0.4, 0.5) is 0 Å². The van der Waals surface area contributed by atoms with Crippen molar-refractivity contribution in [2.24, 2.45) is 0 Å². The minimum atomic E-state index is -0.165. The first-order valence-corrected chi connectivity index (χ1v) is 4.77. The summed E-state index contributed by atoms with van der Waals surface area (Å²) in [6.07, 6.45) is 4.53. The van der Waals surface area contributed by atoms with Gasteiger partial charge in [0.25, 0.3) is 5.91 Å². The molecule has 1 aromatic rings. The van der Waals surface area contributed by atoms with Crippen molar-refractivity contribution in [1.82, 2.24) is 15.0 Å². The third-order valence-electron chi connectivity index (χ3n) is 2.10. The van der Waals surface area contributed by atoms with Gasteiger partial charge >= 0.3 is 0 Å². The van der Waals surface area contributed by atoms with Crippen LogP contribution in [-0.2, 0) is 22.5 Å². The zero-order valence-electron chi connectivity index (χ0n) is 9.23. The lowest BCUT2D eigenvalue weighted by atomic mass is 10.2. The van der Waals surface area contributed by atoms with Crippen LogP contribution < -0.4 is 0 Å². The summed E-state index contributed by atoms with van der Waals surface area (Å²) in [7, 11) is 3.00. The number of likely N-dealkylation sites (N-methyl/N-ethyl adjacent to an activating group) is 1. The summed E-state index contributed by atoms with van der Waals surface area (Å²) < 4.78 is 0. The van der Waals surface area contributed by atoms with Crippen LogP contribution in [0.5, 0.6) is 0 Å². The first-order chi connectivity index (χ1) is 7.17. The molecule has 0 aliphatic rings. The van der Waals surface area contributed by atoms with Crippen LogP contribution in [0.15, 0.2) is 12.4 Å². The van der Waals surface area contributed by atoms with E-state index in [9.17, 15) is 4.79 Å². The van der Waals surface area contributed by atoms with Crippen molar-refractivity contribution in [1.29, 1.82) is 0 Å². The molecule has 0 saturated carbocycles. The van der Waals surface area contributed by atoms with Crippen LogP contribution in [0.3, 0.4) is 0 Å². The van der Waals surface area contributed by atoms with E-state index in [1.807, 2.05) is 6.92 Å². The highest BCUT2D eigenvalue weighted by molar-refractivity contribution is 5.76. The second-order valence-corrected chi connectivity index (χ2v) is 3.11. The fourth-order valence-electron chi connectivity index (χ4n) is 1.00. The van der Waals surface area contributed by atoms with Crippen LogP contribution in [0.1, 0.15) is 18.3 Å². The molecule has 0 radical (unpaired) electrons. The molecule has 0 N–H and O–H groups in total. The highest BCUT2D eigenvalue weighted by atomic mass is 16.7. The van der Waals surface area contributed by atoms with Gasteiger partial charge in [-0.2, -0.15) is 0 Å². The Morgan fingerprint density at radius 1 is 1.47 bits per heavy atom. The smallest absolute Gasteiger partial charge is 0.253 e. The third-order valence-corrected chi connectivity index (χ3v) is 2.10. The molecule has 0 spiro atoms. The molecule has 0 atom stereocenters. The Kier molecular flexibility index (Phi) is 4.17. The van der Waals surface area contributed by atoms with E-state index in [-0.39, 0.29) is 12.3 Å². The van der Waals surface area contributed by atoms with E-state index in [4.69, 9.17) is 4.84 Å². The predicted molar refractivity (Wildman–Crippen MR) is 54.9 cm³/mol. The van der Waals surface area contributed by atoms with Gasteiger partial charge in [-0.05, 0) is 12.0 Å². The minimum Gasteiger partial charge on any atom is -0.275 e. The number of hydrogen-bond acceptors (Lipinski definition) is 4. The van der Waals surface area contributed by atoms with E-state index >= 15 is 0 Å². The Morgan fingerprint density at radius 2 is 2.07 bits per heavy atom. The highest BCUT2D eigenvalue weighted by Crippen LogP contribution is 1.99. The zero-order valence-corrected chi connectivity index (χ0v) is 9.23. The minimum absolute atomic E-state index is 0.161. The van der Waals surface area contributed by atoms with E-state index in [0.717, 1.165) is 17.0 Å². The summed E-state index contributed by atoms with van der Waals surface area (Å²) in [5.41, 5.74) is 1.06. The lowest BCUT2D eigenvalue weighted by Crippen LogP contribution is -2.27. The lowest BCUT2D eigenvalue weighted by Gasteiger charge is -2.12. The summed E-state index contributed by atoms with van der Waals surface area (Å²) in [5.74, 6) is 0.350. The predicted octanol–water partition coefficient (Wildman–Crippen LogP) is 0.601. The number of rotatable bonds is 4. The zero-order chi connectivity index (χ0) is 11.3. The van der Waals surface area contributed by atoms with Gasteiger partial charge in [-0.3, -0.25) is 9.63 Å². The molecule has 0 unspecified atom stereocenters. The molecule has 1 rings (SSSR count). The molecule has 5 nitrogen and oxygen atoms in total. The molecule has 0 saturated heterocycles. The molecular formula is C10H15N3O2. The average Bonchev–Trinajstić information content (AvgIpc) is 2.29. The van der Waals surface area contributed by atoms with Crippen molar-refractivity contribution in [3.05, 3.63) is 23.8 Å². The number of carbonyl (C=O) groups is 1. The third kappa shape index (κ3) is 3.28. The van der Waals surface area contributed by atoms with Gasteiger partial charge < -0.3 is 0 Å². The van der Waals surface area contributed by atoms with Crippen molar-refractivity contribution < 1.29 is 9.63 Å². The first-order valence-electron chi connectivity index (χ1n) is 4.77. The van der Waals surface area contributed by atoms with Gasteiger partial charge in [0.1, 0.15) is 5.82 Å². The molecule has 82 valence electrons. The van der Waals surface area contributed by atoms with Gasteiger partial charge in [0.15, 0.2) is 0 Å². The monoisotopic (exact) mass is 209 g/mol. The molecule has 1 heterocycles. The van der Waals surface area contributed by atoms with Crippen molar-refractivity contribution in [3.8, 4) is 0 Å². The summed E-state index contributed by atoms with van der Waals surface area (Å²) >= 11 is 0. The molecule has 1 aromatic heterocycles. The fraction of sp³-hybridized carbons (Fsp3) is 0.500. The van der Waals surface area contributed by atoms with Crippen LogP contribution >= 0.6 is 0 Å². The Bertz CT molecular complexity index is 324.